The summed E-state index contributed by atoms with van der Waals surface area (Å²) >= 11 is 0. The number of benzene rings is 2. The van der Waals surface area contributed by atoms with E-state index in [1.807, 2.05) is 55.5 Å². The maximum Gasteiger partial charge on any atom is 0.246 e. The van der Waals surface area contributed by atoms with Crippen molar-refractivity contribution in [3.8, 4) is 0 Å². The Balaban J connectivity index is 2.01. The molecule has 9 nitrogen and oxygen atoms in total. The molecule has 0 bridgehead atoms. The number of carbonyl (C=O) groups excluding carboxylic acids is 3. The first-order valence-corrected chi connectivity index (χ1v) is 12.0. The Bertz CT molecular complexity index is 947. The molecular weight excluding hydrogens is 444 g/mol. The zero-order chi connectivity index (χ0) is 25.6. The summed E-state index contributed by atoms with van der Waals surface area (Å²) in [5.74, 6) is -0.943. The van der Waals surface area contributed by atoms with Gasteiger partial charge in [-0.3, -0.25) is 14.4 Å². The van der Waals surface area contributed by atoms with Gasteiger partial charge in [-0.1, -0.05) is 42.5 Å². The van der Waals surface area contributed by atoms with Gasteiger partial charge in [-0.05, 0) is 49.4 Å². The maximum atomic E-state index is 13.1. The van der Waals surface area contributed by atoms with Crippen LogP contribution in [0.25, 0.3) is 0 Å². The summed E-state index contributed by atoms with van der Waals surface area (Å²) < 4.78 is 0. The molecular formula is C26H38N6O3. The van der Waals surface area contributed by atoms with E-state index >= 15 is 0 Å². The number of rotatable bonds is 14. The van der Waals surface area contributed by atoms with Gasteiger partial charge in [0.15, 0.2) is 0 Å². The van der Waals surface area contributed by atoms with Gasteiger partial charge in [0.05, 0.1) is 6.04 Å². The van der Waals surface area contributed by atoms with Gasteiger partial charge < -0.3 is 32.7 Å². The molecule has 2 aromatic rings. The minimum absolute atomic E-state index is 0.0960. The van der Waals surface area contributed by atoms with Gasteiger partial charge >= 0.3 is 0 Å². The lowest BCUT2D eigenvalue weighted by Gasteiger charge is -2.23. The number of carbonyl (C=O) groups is 3. The number of anilines is 1. The fourth-order valence-electron chi connectivity index (χ4n) is 3.70. The predicted molar refractivity (Wildman–Crippen MR) is 138 cm³/mol. The Morgan fingerprint density at radius 1 is 0.914 bits per heavy atom. The second-order valence-corrected chi connectivity index (χ2v) is 8.55. The van der Waals surface area contributed by atoms with Gasteiger partial charge in [0.2, 0.25) is 17.7 Å². The lowest BCUT2D eigenvalue weighted by atomic mass is 10.0. The van der Waals surface area contributed by atoms with Crippen LogP contribution >= 0.6 is 0 Å². The minimum atomic E-state index is -0.928. The smallest absolute Gasteiger partial charge is 0.246 e. The van der Waals surface area contributed by atoms with E-state index in [9.17, 15) is 14.4 Å². The molecule has 2 aromatic carbocycles. The Hall–Kier alpha value is -3.27. The lowest BCUT2D eigenvalue weighted by molar-refractivity contribution is -0.131. The molecule has 8 N–H and O–H groups in total. The van der Waals surface area contributed by atoms with Crippen molar-refractivity contribution < 1.29 is 14.4 Å². The van der Waals surface area contributed by atoms with Gasteiger partial charge in [-0.2, -0.15) is 0 Å². The van der Waals surface area contributed by atoms with Crippen LogP contribution in [0, 0.1) is 6.92 Å². The molecule has 0 unspecified atom stereocenters. The molecule has 0 fully saturated rings. The number of hydrogen-bond acceptors (Lipinski definition) is 6. The summed E-state index contributed by atoms with van der Waals surface area (Å²) in [5.41, 5.74) is 19.9. The largest absolute Gasteiger partial charge is 0.343 e. The van der Waals surface area contributed by atoms with E-state index in [1.54, 1.807) is 11.0 Å². The molecule has 0 aliphatic rings. The molecule has 0 saturated carbocycles. The molecule has 0 aliphatic carbocycles. The fourth-order valence-corrected chi connectivity index (χ4v) is 3.70. The van der Waals surface area contributed by atoms with E-state index in [0.29, 0.717) is 44.7 Å². The number of hydrogen-bond donors (Lipinski definition) is 5. The zero-order valence-electron chi connectivity index (χ0n) is 20.4. The quantitative estimate of drug-likeness (QED) is 0.269. The van der Waals surface area contributed by atoms with Crippen LogP contribution in [0.5, 0.6) is 0 Å². The van der Waals surface area contributed by atoms with Crippen LogP contribution < -0.4 is 27.8 Å². The average Bonchev–Trinajstić information content (AvgIpc) is 2.85. The van der Waals surface area contributed by atoms with Crippen LogP contribution in [0.15, 0.2) is 54.6 Å². The topological polar surface area (TPSA) is 157 Å². The molecule has 35 heavy (non-hydrogen) atoms. The lowest BCUT2D eigenvalue weighted by Crippen LogP contribution is -2.50. The monoisotopic (exact) mass is 482 g/mol. The van der Waals surface area contributed by atoms with Crippen molar-refractivity contribution in [2.24, 2.45) is 17.2 Å². The standard InChI is InChI=1S/C26H38N6O3/c1-19-6-5-9-21(18-19)30-26(35)23(12-10-20-7-3-2-4-8-20)31-25(34)22(29)11-13-24(33)32(16-14-27)17-15-28/h2-9,18,22-23H,10-17,27-29H2,1H3,(H,30,35)(H,31,34)/t22-,23-/m0/s1. The van der Waals surface area contributed by atoms with Crippen molar-refractivity contribution in [3.05, 3.63) is 65.7 Å². The third-order valence-corrected chi connectivity index (χ3v) is 5.64. The molecule has 0 heterocycles. The van der Waals surface area contributed by atoms with E-state index in [0.717, 1.165) is 11.1 Å². The first-order valence-electron chi connectivity index (χ1n) is 12.0. The zero-order valence-corrected chi connectivity index (χ0v) is 20.4. The van der Waals surface area contributed by atoms with Crippen molar-refractivity contribution in [2.45, 2.75) is 44.7 Å². The summed E-state index contributed by atoms with van der Waals surface area (Å²) in [6.45, 7) is 3.40. The first kappa shape index (κ1) is 28.0. The van der Waals surface area contributed by atoms with E-state index in [2.05, 4.69) is 10.6 Å². The first-order chi connectivity index (χ1) is 16.8. The Labute approximate surface area is 207 Å². The normalized spacial score (nSPS) is 12.5. The van der Waals surface area contributed by atoms with Crippen LogP contribution in [0.2, 0.25) is 0 Å². The van der Waals surface area contributed by atoms with Crippen LogP contribution in [0.4, 0.5) is 5.69 Å². The SMILES string of the molecule is Cc1cccc(NC(=O)[C@H](CCc2ccccc2)NC(=O)[C@@H](N)CCC(=O)N(CCN)CCN)c1. The van der Waals surface area contributed by atoms with Crippen molar-refractivity contribution in [1.29, 1.82) is 0 Å². The summed E-state index contributed by atoms with van der Waals surface area (Å²) in [6.07, 6.45) is 1.26. The highest BCUT2D eigenvalue weighted by Crippen LogP contribution is 2.12. The van der Waals surface area contributed by atoms with Gasteiger partial charge in [-0.25, -0.2) is 0 Å². The molecule has 3 amide bonds. The predicted octanol–water partition coefficient (Wildman–Crippen LogP) is 0.905. The highest BCUT2D eigenvalue weighted by molar-refractivity contribution is 5.98. The summed E-state index contributed by atoms with van der Waals surface area (Å²) in [6, 6.07) is 15.5. The second-order valence-electron chi connectivity index (χ2n) is 8.55. The highest BCUT2D eigenvalue weighted by atomic mass is 16.2. The summed E-state index contributed by atoms with van der Waals surface area (Å²) in [7, 11) is 0. The number of aryl methyl sites for hydroxylation is 2. The Morgan fingerprint density at radius 3 is 2.23 bits per heavy atom. The minimum Gasteiger partial charge on any atom is -0.343 e. The van der Waals surface area contributed by atoms with Crippen LogP contribution in [0.3, 0.4) is 0 Å². The van der Waals surface area contributed by atoms with Gasteiger partial charge in [-0.15, -0.1) is 0 Å². The van der Waals surface area contributed by atoms with Gasteiger partial charge in [0.25, 0.3) is 0 Å². The molecule has 0 aromatic heterocycles. The highest BCUT2D eigenvalue weighted by Gasteiger charge is 2.25. The van der Waals surface area contributed by atoms with E-state index in [1.165, 1.54) is 0 Å². The van der Waals surface area contributed by atoms with Crippen LogP contribution in [0.1, 0.15) is 30.4 Å². The number of nitrogens with two attached hydrogens (primary N) is 3. The van der Waals surface area contributed by atoms with E-state index in [4.69, 9.17) is 17.2 Å². The molecule has 0 saturated heterocycles. The Morgan fingerprint density at radius 2 is 1.60 bits per heavy atom. The fraction of sp³-hybridized carbons (Fsp3) is 0.423. The van der Waals surface area contributed by atoms with Crippen molar-refractivity contribution in [2.75, 3.05) is 31.5 Å². The molecule has 2 atom stereocenters. The maximum absolute atomic E-state index is 13.1. The molecule has 2 rings (SSSR count). The number of amides is 3. The summed E-state index contributed by atoms with van der Waals surface area (Å²) in [4.78, 5) is 39.9. The summed E-state index contributed by atoms with van der Waals surface area (Å²) in [5, 5.41) is 5.66. The molecule has 0 aliphatic heterocycles. The third-order valence-electron chi connectivity index (χ3n) is 5.64. The van der Waals surface area contributed by atoms with Crippen molar-refractivity contribution >= 4 is 23.4 Å². The average molecular weight is 483 g/mol. The van der Waals surface area contributed by atoms with Crippen molar-refractivity contribution in [3.63, 3.8) is 0 Å². The van der Waals surface area contributed by atoms with E-state index < -0.39 is 18.0 Å². The second kappa shape index (κ2) is 14.9. The molecule has 0 radical (unpaired) electrons. The number of nitrogens with one attached hydrogen (secondary N) is 2. The van der Waals surface area contributed by atoms with E-state index in [-0.39, 0.29) is 24.7 Å². The van der Waals surface area contributed by atoms with Crippen LogP contribution in [-0.4, -0.2) is 60.9 Å². The van der Waals surface area contributed by atoms with Gasteiger partial charge in [0.1, 0.15) is 6.04 Å². The van der Waals surface area contributed by atoms with Gasteiger partial charge in [0, 0.05) is 38.3 Å². The third kappa shape index (κ3) is 9.86. The Kier molecular flexibility index (Phi) is 11.9. The number of nitrogens with zero attached hydrogens (tertiary/aromatic N) is 1. The molecule has 9 heteroatoms. The molecule has 0 spiro atoms. The van der Waals surface area contributed by atoms with Crippen LogP contribution in [-0.2, 0) is 20.8 Å². The van der Waals surface area contributed by atoms with Crippen molar-refractivity contribution in [1.82, 2.24) is 10.2 Å². The molecule has 190 valence electrons.